The van der Waals surface area contributed by atoms with E-state index in [1.54, 1.807) is 7.05 Å². The number of thiophene rings is 1. The highest BCUT2D eigenvalue weighted by Gasteiger charge is 2.52. The van der Waals surface area contributed by atoms with Crippen LogP contribution in [-0.4, -0.2) is 24.0 Å². The van der Waals surface area contributed by atoms with Crippen LogP contribution in [0.15, 0.2) is 11.4 Å². The third kappa shape index (κ3) is 1.74. The van der Waals surface area contributed by atoms with Crippen LogP contribution >= 0.6 is 11.3 Å². The summed E-state index contributed by atoms with van der Waals surface area (Å²) in [5.41, 5.74) is -0.170. The van der Waals surface area contributed by atoms with Crippen LogP contribution in [0.2, 0.25) is 0 Å². The number of amides is 1. The molecule has 1 heterocycles. The first-order valence-corrected chi connectivity index (χ1v) is 6.42. The molecule has 0 spiro atoms. The maximum atomic E-state index is 12.3. The second-order valence-electron chi connectivity index (χ2n) is 4.51. The van der Waals surface area contributed by atoms with E-state index < -0.39 is 11.4 Å². The largest absolute Gasteiger partial charge is 0.480 e. The topological polar surface area (TPSA) is 57.6 Å². The minimum atomic E-state index is -1.18. The molecule has 0 atom stereocenters. The molecule has 0 radical (unpaired) electrons. The third-order valence-electron chi connectivity index (χ3n) is 3.47. The van der Waals surface area contributed by atoms with Gasteiger partial charge in [-0.2, -0.15) is 0 Å². The van der Waals surface area contributed by atoms with E-state index in [0.29, 0.717) is 12.8 Å². The van der Waals surface area contributed by atoms with Gasteiger partial charge in [0.1, 0.15) is 10.4 Å². The van der Waals surface area contributed by atoms with Gasteiger partial charge in [-0.05, 0) is 36.8 Å². The molecule has 0 aromatic carbocycles. The van der Waals surface area contributed by atoms with Crippen LogP contribution in [0.25, 0.3) is 0 Å². The zero-order valence-electron chi connectivity index (χ0n) is 9.90. The highest BCUT2D eigenvalue weighted by molar-refractivity contribution is 7.14. The van der Waals surface area contributed by atoms with Crippen molar-refractivity contribution in [3.8, 4) is 0 Å². The van der Waals surface area contributed by atoms with Gasteiger partial charge >= 0.3 is 5.97 Å². The van der Waals surface area contributed by atoms with Crippen molar-refractivity contribution in [1.82, 2.24) is 0 Å². The van der Waals surface area contributed by atoms with Crippen molar-refractivity contribution in [2.24, 2.45) is 5.41 Å². The molecule has 0 aliphatic heterocycles. The van der Waals surface area contributed by atoms with Crippen molar-refractivity contribution in [2.45, 2.75) is 26.2 Å². The first-order valence-electron chi connectivity index (χ1n) is 5.55. The summed E-state index contributed by atoms with van der Waals surface area (Å²) in [6.45, 7) is 1.92. The van der Waals surface area contributed by atoms with E-state index in [9.17, 15) is 14.7 Å². The Morgan fingerprint density at radius 3 is 2.47 bits per heavy atom. The number of carbonyl (C=O) groups excluding carboxylic acids is 1. The van der Waals surface area contributed by atoms with Gasteiger partial charge in [0, 0.05) is 7.05 Å². The van der Waals surface area contributed by atoms with Gasteiger partial charge in [0.25, 0.3) is 0 Å². The molecule has 0 unspecified atom stereocenters. The Morgan fingerprint density at radius 1 is 1.47 bits per heavy atom. The minimum absolute atomic E-state index is 0.290. The summed E-state index contributed by atoms with van der Waals surface area (Å²) in [5, 5.41) is 12.0. The number of aryl methyl sites for hydroxylation is 1. The molecule has 1 aliphatic rings. The fourth-order valence-electron chi connectivity index (χ4n) is 2.17. The summed E-state index contributed by atoms with van der Waals surface area (Å²) < 4.78 is 0. The molecular formula is C12H15NO3S. The lowest BCUT2D eigenvalue weighted by Crippen LogP contribution is -2.51. The van der Waals surface area contributed by atoms with Crippen LogP contribution < -0.4 is 4.90 Å². The lowest BCUT2D eigenvalue weighted by Gasteiger charge is -2.38. The smallest absolute Gasteiger partial charge is 0.319 e. The normalized spacial score (nSPS) is 17.3. The fourth-order valence-corrected chi connectivity index (χ4v) is 3.07. The lowest BCUT2D eigenvalue weighted by molar-refractivity contribution is -0.160. The van der Waals surface area contributed by atoms with Crippen molar-refractivity contribution in [3.63, 3.8) is 0 Å². The molecule has 5 heteroatoms. The van der Waals surface area contributed by atoms with Crippen molar-refractivity contribution in [3.05, 3.63) is 17.0 Å². The Balaban J connectivity index is 2.26. The van der Waals surface area contributed by atoms with E-state index in [2.05, 4.69) is 0 Å². The Morgan fingerprint density at radius 2 is 2.12 bits per heavy atom. The SMILES string of the molecule is Cc1ccsc1N(C)C(=O)C1(C(=O)O)CCC1. The molecule has 17 heavy (non-hydrogen) atoms. The summed E-state index contributed by atoms with van der Waals surface area (Å²) in [6.07, 6.45) is 1.72. The number of aliphatic carboxylic acids is 1. The van der Waals surface area contributed by atoms with E-state index in [4.69, 9.17) is 0 Å². The van der Waals surface area contributed by atoms with Gasteiger partial charge < -0.3 is 10.0 Å². The molecule has 1 amide bonds. The number of rotatable bonds is 3. The molecule has 92 valence electrons. The van der Waals surface area contributed by atoms with E-state index >= 15 is 0 Å². The molecule has 1 saturated carbocycles. The molecule has 2 rings (SSSR count). The van der Waals surface area contributed by atoms with E-state index in [-0.39, 0.29) is 5.91 Å². The number of nitrogens with zero attached hydrogens (tertiary/aromatic N) is 1. The maximum Gasteiger partial charge on any atom is 0.319 e. The summed E-state index contributed by atoms with van der Waals surface area (Å²) in [4.78, 5) is 25.0. The second-order valence-corrected chi connectivity index (χ2v) is 5.41. The van der Waals surface area contributed by atoms with Gasteiger partial charge in [-0.1, -0.05) is 6.42 Å². The zero-order valence-corrected chi connectivity index (χ0v) is 10.7. The van der Waals surface area contributed by atoms with Crippen molar-refractivity contribution in [2.75, 3.05) is 11.9 Å². The van der Waals surface area contributed by atoms with Gasteiger partial charge in [0.15, 0.2) is 0 Å². The summed E-state index contributed by atoms with van der Waals surface area (Å²) in [7, 11) is 1.66. The van der Waals surface area contributed by atoms with Crippen molar-refractivity contribution in [1.29, 1.82) is 0 Å². The van der Waals surface area contributed by atoms with E-state index in [0.717, 1.165) is 17.0 Å². The average molecular weight is 253 g/mol. The van der Waals surface area contributed by atoms with E-state index in [1.807, 2.05) is 18.4 Å². The first-order chi connectivity index (χ1) is 7.99. The molecule has 1 aromatic heterocycles. The third-order valence-corrected chi connectivity index (χ3v) is 4.56. The molecule has 1 N–H and O–H groups in total. The Kier molecular flexibility index (Phi) is 2.95. The molecule has 0 bridgehead atoms. The fraction of sp³-hybridized carbons (Fsp3) is 0.500. The summed E-state index contributed by atoms with van der Waals surface area (Å²) in [6, 6.07) is 1.93. The summed E-state index contributed by atoms with van der Waals surface area (Å²) >= 11 is 1.46. The van der Waals surface area contributed by atoms with Crippen LogP contribution in [-0.2, 0) is 9.59 Å². The molecular weight excluding hydrogens is 238 g/mol. The zero-order chi connectivity index (χ0) is 12.6. The number of hydrogen-bond acceptors (Lipinski definition) is 3. The number of carboxylic acids is 1. The second kappa shape index (κ2) is 4.14. The van der Waals surface area contributed by atoms with Gasteiger partial charge in [0.05, 0.1) is 0 Å². The van der Waals surface area contributed by atoms with E-state index in [1.165, 1.54) is 16.2 Å². The molecule has 1 aromatic rings. The molecule has 1 fully saturated rings. The minimum Gasteiger partial charge on any atom is -0.480 e. The van der Waals surface area contributed by atoms with Crippen LogP contribution in [0.3, 0.4) is 0 Å². The van der Waals surface area contributed by atoms with Gasteiger partial charge in [-0.15, -0.1) is 11.3 Å². The van der Waals surface area contributed by atoms with Crippen molar-refractivity contribution >= 4 is 28.2 Å². The van der Waals surface area contributed by atoms with Gasteiger partial charge in [-0.25, -0.2) is 0 Å². The predicted octanol–water partition coefficient (Wildman–Crippen LogP) is 2.27. The van der Waals surface area contributed by atoms with Gasteiger partial charge in [-0.3, -0.25) is 9.59 Å². The highest BCUT2D eigenvalue weighted by atomic mass is 32.1. The van der Waals surface area contributed by atoms with Crippen LogP contribution in [0.4, 0.5) is 5.00 Å². The average Bonchev–Trinajstić information content (AvgIpc) is 2.60. The monoisotopic (exact) mass is 253 g/mol. The molecule has 4 nitrogen and oxygen atoms in total. The highest BCUT2D eigenvalue weighted by Crippen LogP contribution is 2.44. The standard InChI is InChI=1S/C12H15NO3S/c1-8-4-7-17-9(8)13(2)10(14)12(11(15)16)5-3-6-12/h4,7H,3,5-6H2,1-2H3,(H,15,16). The maximum absolute atomic E-state index is 12.3. The first kappa shape index (κ1) is 12.1. The molecule has 0 saturated heterocycles. The number of anilines is 1. The van der Waals surface area contributed by atoms with Crippen molar-refractivity contribution < 1.29 is 14.7 Å². The Labute approximate surface area is 104 Å². The summed E-state index contributed by atoms with van der Waals surface area (Å²) in [5.74, 6) is -1.28. The number of carboxylic acid groups (broad SMARTS) is 1. The van der Waals surface area contributed by atoms with Gasteiger partial charge in [0.2, 0.25) is 5.91 Å². The van der Waals surface area contributed by atoms with Crippen LogP contribution in [0, 0.1) is 12.3 Å². The Bertz CT molecular complexity index is 462. The molecule has 1 aliphatic carbocycles. The lowest BCUT2D eigenvalue weighted by atomic mass is 9.68. The number of hydrogen-bond donors (Lipinski definition) is 1. The Hall–Kier alpha value is -1.36. The quantitative estimate of drug-likeness (QED) is 0.841. The van der Waals surface area contributed by atoms with Crippen LogP contribution in [0.5, 0.6) is 0 Å². The van der Waals surface area contributed by atoms with Crippen LogP contribution in [0.1, 0.15) is 24.8 Å². The predicted molar refractivity (Wildman–Crippen MR) is 66.4 cm³/mol. The number of carbonyl (C=O) groups is 2.